The van der Waals surface area contributed by atoms with Crippen LogP contribution >= 0.6 is 15.9 Å². The van der Waals surface area contributed by atoms with Gasteiger partial charge in [0.2, 0.25) is 5.91 Å². The second kappa shape index (κ2) is 5.46. The van der Waals surface area contributed by atoms with E-state index in [1.54, 1.807) is 0 Å². The molecule has 0 aromatic heterocycles. The van der Waals surface area contributed by atoms with Crippen molar-refractivity contribution in [3.63, 3.8) is 0 Å². The molecule has 1 amide bonds. The molecule has 6 heteroatoms. The number of carbonyl (C=O) groups is 1. The molecule has 25 heavy (non-hydrogen) atoms. The monoisotopic (exact) mass is 429 g/mol. The van der Waals surface area contributed by atoms with Crippen molar-refractivity contribution in [1.29, 1.82) is 0 Å². The third kappa shape index (κ3) is 3.09. The minimum absolute atomic E-state index is 0.0585. The Kier molecular flexibility index (Phi) is 3.72. The lowest BCUT2D eigenvalue weighted by Crippen LogP contribution is -2.55. The van der Waals surface area contributed by atoms with Gasteiger partial charge in [0.05, 0.1) is 11.5 Å². The van der Waals surface area contributed by atoms with Gasteiger partial charge in [0.25, 0.3) is 0 Å². The van der Waals surface area contributed by atoms with E-state index in [0.29, 0.717) is 18.9 Å². The van der Waals surface area contributed by atoms with Crippen LogP contribution in [0.15, 0.2) is 0 Å². The smallest absolute Gasteiger partial charge is 0.223 e. The van der Waals surface area contributed by atoms with Crippen LogP contribution < -0.4 is 0 Å². The molecule has 140 valence electrons. The zero-order valence-electron chi connectivity index (χ0n) is 14.8. The van der Waals surface area contributed by atoms with Crippen LogP contribution in [0.3, 0.4) is 0 Å². The summed E-state index contributed by atoms with van der Waals surface area (Å²) in [5.74, 6) is 2.27. The predicted molar refractivity (Wildman–Crippen MR) is 100 cm³/mol. The lowest BCUT2D eigenvalue weighted by Gasteiger charge is -2.60. The summed E-state index contributed by atoms with van der Waals surface area (Å²) in [7, 11) is -2.94. The maximum atomic E-state index is 13.3. The van der Waals surface area contributed by atoms with E-state index >= 15 is 0 Å². The van der Waals surface area contributed by atoms with Gasteiger partial charge in [0, 0.05) is 22.8 Å². The minimum Gasteiger partial charge on any atom is -0.336 e. The van der Waals surface area contributed by atoms with Gasteiger partial charge in [-0.15, -0.1) is 0 Å². The Hall–Kier alpha value is -0.100. The van der Waals surface area contributed by atoms with Gasteiger partial charge in [-0.25, -0.2) is 8.42 Å². The molecule has 0 aromatic rings. The van der Waals surface area contributed by atoms with Crippen LogP contribution in [-0.4, -0.2) is 47.1 Å². The zero-order chi connectivity index (χ0) is 17.4. The normalized spacial score (nSPS) is 47.2. The molecule has 1 aliphatic heterocycles. The molecule has 6 fully saturated rings. The summed E-state index contributed by atoms with van der Waals surface area (Å²) >= 11 is 4.04. The summed E-state index contributed by atoms with van der Waals surface area (Å²) in [5, 5.41) is 0. The number of sulfone groups is 1. The van der Waals surface area contributed by atoms with Gasteiger partial charge in [-0.3, -0.25) is 4.79 Å². The molecule has 6 aliphatic rings. The van der Waals surface area contributed by atoms with E-state index in [0.717, 1.165) is 31.1 Å². The van der Waals surface area contributed by atoms with E-state index in [1.807, 2.05) is 4.90 Å². The number of carbonyl (C=O) groups excluding carboxylic acids is 1. The summed E-state index contributed by atoms with van der Waals surface area (Å²) in [6.07, 6.45) is 10.9. The first-order valence-corrected chi connectivity index (χ1v) is 12.6. The largest absolute Gasteiger partial charge is 0.336 e. The fourth-order valence-corrected chi connectivity index (χ4v) is 10.2. The van der Waals surface area contributed by atoms with Crippen molar-refractivity contribution in [2.45, 2.75) is 80.6 Å². The first-order valence-electron chi connectivity index (χ1n) is 9.95. The average Bonchev–Trinajstić information content (AvgIpc) is 3.19. The van der Waals surface area contributed by atoms with Crippen LogP contribution in [0.4, 0.5) is 0 Å². The molecule has 3 atom stereocenters. The Bertz CT molecular complexity index is 687. The molecule has 3 unspecified atom stereocenters. The van der Waals surface area contributed by atoms with Gasteiger partial charge in [-0.05, 0) is 75.0 Å². The number of nitrogens with zero attached hydrogens (tertiary/aromatic N) is 1. The number of halogens is 1. The highest BCUT2D eigenvalue weighted by atomic mass is 79.9. The molecule has 0 N–H and O–H groups in total. The molecule has 0 radical (unpaired) electrons. The molecule has 0 aromatic carbocycles. The van der Waals surface area contributed by atoms with E-state index in [4.69, 9.17) is 0 Å². The molecular formula is C19H28BrNO3S. The van der Waals surface area contributed by atoms with E-state index in [2.05, 4.69) is 15.9 Å². The van der Waals surface area contributed by atoms with Crippen molar-refractivity contribution in [2.75, 3.05) is 11.5 Å². The van der Waals surface area contributed by atoms with Gasteiger partial charge in [-0.2, -0.15) is 0 Å². The number of rotatable bonds is 4. The highest BCUT2D eigenvalue weighted by Crippen LogP contribution is 2.65. The van der Waals surface area contributed by atoms with Crippen molar-refractivity contribution >= 4 is 31.7 Å². The summed E-state index contributed by atoms with van der Waals surface area (Å²) in [6.45, 7) is 0. The Morgan fingerprint density at radius 1 is 1.04 bits per heavy atom. The predicted octanol–water partition coefficient (Wildman–Crippen LogP) is 3.29. The second-order valence-corrected chi connectivity index (χ2v) is 13.8. The molecule has 5 aliphatic carbocycles. The third-order valence-electron chi connectivity index (χ3n) is 7.47. The fraction of sp³-hybridized carbons (Fsp3) is 0.947. The van der Waals surface area contributed by atoms with Crippen LogP contribution in [0.25, 0.3) is 0 Å². The maximum Gasteiger partial charge on any atom is 0.223 e. The van der Waals surface area contributed by atoms with E-state index < -0.39 is 9.84 Å². The van der Waals surface area contributed by atoms with Crippen LogP contribution in [-0.2, 0) is 14.6 Å². The van der Waals surface area contributed by atoms with Gasteiger partial charge >= 0.3 is 0 Å². The summed E-state index contributed by atoms with van der Waals surface area (Å²) in [5.41, 5.74) is 0.176. The Morgan fingerprint density at radius 3 is 2.24 bits per heavy atom. The molecule has 4 bridgehead atoms. The Morgan fingerprint density at radius 2 is 1.72 bits per heavy atom. The SMILES string of the molecule is O=C(CC12CC3CC(CC(Br)(C3)C1)C2)N(C1CC1)C1CCS(=O)(=O)C1. The summed E-state index contributed by atoms with van der Waals surface area (Å²) in [6, 6.07) is 0.259. The van der Waals surface area contributed by atoms with Crippen molar-refractivity contribution in [2.24, 2.45) is 17.3 Å². The number of hydrogen-bond acceptors (Lipinski definition) is 3. The van der Waals surface area contributed by atoms with Gasteiger partial charge in [-0.1, -0.05) is 15.9 Å². The lowest BCUT2D eigenvalue weighted by atomic mass is 9.48. The Labute approximate surface area is 159 Å². The molecule has 4 nitrogen and oxygen atoms in total. The third-order valence-corrected chi connectivity index (χ3v) is 10.1. The standard InChI is InChI=1S/C19H28BrNO3S/c20-19-8-13-5-14(9-19)7-18(6-13,12-19)10-17(22)21(15-1-2-15)16-3-4-25(23,24)11-16/h13-16H,1-12H2. The van der Waals surface area contributed by atoms with Crippen molar-refractivity contribution in [3.05, 3.63) is 0 Å². The van der Waals surface area contributed by atoms with Crippen LogP contribution in [0, 0.1) is 17.3 Å². The summed E-state index contributed by atoms with van der Waals surface area (Å²) in [4.78, 5) is 15.3. The molecule has 5 saturated carbocycles. The average molecular weight is 430 g/mol. The lowest BCUT2D eigenvalue weighted by molar-refractivity contribution is -0.141. The van der Waals surface area contributed by atoms with E-state index in [9.17, 15) is 13.2 Å². The van der Waals surface area contributed by atoms with E-state index in [1.165, 1.54) is 32.1 Å². The highest BCUT2D eigenvalue weighted by molar-refractivity contribution is 9.10. The van der Waals surface area contributed by atoms with E-state index in [-0.39, 0.29) is 33.2 Å². The quantitative estimate of drug-likeness (QED) is 0.644. The topological polar surface area (TPSA) is 54.5 Å². The van der Waals surface area contributed by atoms with Crippen LogP contribution in [0.5, 0.6) is 0 Å². The minimum atomic E-state index is -2.94. The molecule has 1 saturated heterocycles. The van der Waals surface area contributed by atoms with Crippen molar-refractivity contribution < 1.29 is 13.2 Å². The summed E-state index contributed by atoms with van der Waals surface area (Å²) < 4.78 is 24.1. The van der Waals surface area contributed by atoms with Crippen molar-refractivity contribution in [1.82, 2.24) is 4.90 Å². The maximum absolute atomic E-state index is 13.3. The van der Waals surface area contributed by atoms with Crippen LogP contribution in [0.1, 0.15) is 64.2 Å². The molecule has 0 spiro atoms. The first kappa shape index (κ1) is 17.0. The zero-order valence-corrected chi connectivity index (χ0v) is 17.2. The molecular weight excluding hydrogens is 402 g/mol. The Balaban J connectivity index is 1.35. The second-order valence-electron chi connectivity index (χ2n) is 9.88. The number of amides is 1. The van der Waals surface area contributed by atoms with Gasteiger partial charge in [0.1, 0.15) is 0 Å². The molecule has 1 heterocycles. The number of hydrogen-bond donors (Lipinski definition) is 0. The van der Waals surface area contributed by atoms with Gasteiger partial charge < -0.3 is 4.90 Å². The fourth-order valence-electron chi connectivity index (χ4n) is 7.01. The first-order chi connectivity index (χ1) is 11.8. The highest BCUT2D eigenvalue weighted by Gasteiger charge is 2.58. The molecule has 6 rings (SSSR count). The van der Waals surface area contributed by atoms with Crippen molar-refractivity contribution in [3.8, 4) is 0 Å². The van der Waals surface area contributed by atoms with Crippen LogP contribution in [0.2, 0.25) is 0 Å². The number of alkyl halides is 1. The van der Waals surface area contributed by atoms with Gasteiger partial charge in [0.15, 0.2) is 9.84 Å².